The van der Waals surface area contributed by atoms with Gasteiger partial charge in [0.05, 0.1) is 12.3 Å². The number of amides is 1. The third kappa shape index (κ3) is 6.30. The Morgan fingerprint density at radius 3 is 2.47 bits per heavy atom. The predicted octanol–water partition coefficient (Wildman–Crippen LogP) is 0.771. The van der Waals surface area contributed by atoms with Gasteiger partial charge in [-0.25, -0.2) is 17.5 Å². The van der Waals surface area contributed by atoms with Gasteiger partial charge in [0, 0.05) is 6.54 Å². The lowest BCUT2D eigenvalue weighted by atomic mass is 10.2. The Hall–Kier alpha value is -1.47. The number of halogens is 1. The van der Waals surface area contributed by atoms with Crippen molar-refractivity contribution in [1.82, 2.24) is 10.0 Å². The fourth-order valence-corrected chi connectivity index (χ4v) is 2.44. The Morgan fingerprint density at radius 1 is 1.26 bits per heavy atom. The average Bonchev–Trinajstić information content (AvgIpc) is 2.36. The minimum atomic E-state index is -3.60. The quantitative estimate of drug-likeness (QED) is 0.778. The summed E-state index contributed by atoms with van der Waals surface area (Å²) in [7, 11) is -3.60. The van der Waals surface area contributed by atoms with Crippen molar-refractivity contribution in [2.45, 2.75) is 19.1 Å². The summed E-state index contributed by atoms with van der Waals surface area (Å²) < 4.78 is 38.2. The molecule has 0 aliphatic carbocycles. The SMILES string of the molecule is CCCNC(=O)CNS(=O)(=O)Cc1ccc(F)cc1. The number of benzene rings is 1. The van der Waals surface area contributed by atoms with E-state index in [1.807, 2.05) is 6.92 Å². The Balaban J connectivity index is 2.48. The predicted molar refractivity (Wildman–Crippen MR) is 70.3 cm³/mol. The Morgan fingerprint density at radius 2 is 1.89 bits per heavy atom. The standard InChI is InChI=1S/C12H17FN2O3S/c1-2-7-14-12(16)8-15-19(17,18)9-10-3-5-11(13)6-4-10/h3-6,15H,2,7-9H2,1H3,(H,14,16). The summed E-state index contributed by atoms with van der Waals surface area (Å²) in [5.74, 6) is -1.08. The molecular weight excluding hydrogens is 271 g/mol. The molecule has 0 aliphatic heterocycles. The second kappa shape index (κ2) is 7.20. The van der Waals surface area contributed by atoms with Gasteiger partial charge in [0.15, 0.2) is 0 Å². The molecule has 0 spiro atoms. The molecule has 1 amide bonds. The van der Waals surface area contributed by atoms with Gasteiger partial charge < -0.3 is 5.32 Å². The highest BCUT2D eigenvalue weighted by atomic mass is 32.2. The van der Waals surface area contributed by atoms with E-state index in [0.29, 0.717) is 12.1 Å². The zero-order valence-corrected chi connectivity index (χ0v) is 11.5. The van der Waals surface area contributed by atoms with Crippen molar-refractivity contribution in [3.63, 3.8) is 0 Å². The molecule has 1 aromatic rings. The number of nitrogens with one attached hydrogen (secondary N) is 2. The van der Waals surface area contributed by atoms with Crippen LogP contribution in [0.2, 0.25) is 0 Å². The Kier molecular flexibility index (Phi) is 5.91. The lowest BCUT2D eigenvalue weighted by molar-refractivity contribution is -0.119. The summed E-state index contributed by atoms with van der Waals surface area (Å²) in [5.41, 5.74) is 0.461. The van der Waals surface area contributed by atoms with Crippen LogP contribution in [0, 0.1) is 5.82 Å². The second-order valence-electron chi connectivity index (χ2n) is 4.06. The smallest absolute Gasteiger partial charge is 0.235 e. The minimum absolute atomic E-state index is 0.283. The topological polar surface area (TPSA) is 75.3 Å². The highest BCUT2D eigenvalue weighted by Gasteiger charge is 2.13. The first-order valence-electron chi connectivity index (χ1n) is 5.91. The second-order valence-corrected chi connectivity index (χ2v) is 5.86. The van der Waals surface area contributed by atoms with Crippen LogP contribution in [0.1, 0.15) is 18.9 Å². The molecule has 1 aromatic carbocycles. The summed E-state index contributed by atoms with van der Waals surface area (Å²) in [6.07, 6.45) is 0.786. The summed E-state index contributed by atoms with van der Waals surface area (Å²) in [6, 6.07) is 5.18. The van der Waals surface area contributed by atoms with Crippen LogP contribution in [-0.4, -0.2) is 27.4 Å². The summed E-state index contributed by atoms with van der Waals surface area (Å²) in [6.45, 7) is 2.13. The molecule has 0 radical (unpaired) electrons. The largest absolute Gasteiger partial charge is 0.355 e. The number of sulfonamides is 1. The Labute approximate surface area is 112 Å². The first-order chi connectivity index (χ1) is 8.93. The molecule has 5 nitrogen and oxygen atoms in total. The molecule has 0 unspecified atom stereocenters. The van der Waals surface area contributed by atoms with Crippen LogP contribution in [-0.2, 0) is 20.6 Å². The third-order valence-corrected chi connectivity index (χ3v) is 3.59. The number of rotatable bonds is 7. The normalized spacial score (nSPS) is 11.3. The van der Waals surface area contributed by atoms with E-state index in [2.05, 4.69) is 10.0 Å². The maximum Gasteiger partial charge on any atom is 0.235 e. The van der Waals surface area contributed by atoms with Gasteiger partial charge in [-0.3, -0.25) is 4.79 Å². The van der Waals surface area contributed by atoms with Gasteiger partial charge in [-0.15, -0.1) is 0 Å². The molecule has 7 heteroatoms. The molecule has 0 aromatic heterocycles. The molecule has 106 valence electrons. The van der Waals surface area contributed by atoms with E-state index in [1.165, 1.54) is 24.3 Å². The minimum Gasteiger partial charge on any atom is -0.355 e. The highest BCUT2D eigenvalue weighted by molar-refractivity contribution is 7.88. The molecule has 0 bridgehead atoms. The van der Waals surface area contributed by atoms with Gasteiger partial charge in [0.2, 0.25) is 15.9 Å². The van der Waals surface area contributed by atoms with Crippen LogP contribution < -0.4 is 10.0 Å². The molecule has 19 heavy (non-hydrogen) atoms. The first kappa shape index (κ1) is 15.6. The summed E-state index contributed by atoms with van der Waals surface area (Å²) >= 11 is 0. The van der Waals surface area contributed by atoms with Crippen molar-refractivity contribution in [1.29, 1.82) is 0 Å². The molecule has 2 N–H and O–H groups in total. The van der Waals surface area contributed by atoms with Gasteiger partial charge in [0.25, 0.3) is 0 Å². The molecule has 0 aliphatic rings. The van der Waals surface area contributed by atoms with Crippen LogP contribution in [0.15, 0.2) is 24.3 Å². The van der Waals surface area contributed by atoms with E-state index in [0.717, 1.165) is 6.42 Å². The van der Waals surface area contributed by atoms with E-state index in [9.17, 15) is 17.6 Å². The first-order valence-corrected chi connectivity index (χ1v) is 7.56. The Bertz CT molecular complexity index is 514. The van der Waals surface area contributed by atoms with Crippen molar-refractivity contribution in [3.8, 4) is 0 Å². The van der Waals surface area contributed by atoms with Crippen molar-refractivity contribution >= 4 is 15.9 Å². The van der Waals surface area contributed by atoms with Crippen LogP contribution in [0.3, 0.4) is 0 Å². The maximum atomic E-state index is 12.7. The van der Waals surface area contributed by atoms with E-state index < -0.39 is 15.8 Å². The monoisotopic (exact) mass is 288 g/mol. The van der Waals surface area contributed by atoms with Crippen molar-refractivity contribution in [2.75, 3.05) is 13.1 Å². The lowest BCUT2D eigenvalue weighted by Crippen LogP contribution is -2.37. The van der Waals surface area contributed by atoms with Gasteiger partial charge in [-0.1, -0.05) is 19.1 Å². The van der Waals surface area contributed by atoms with Gasteiger partial charge in [-0.2, -0.15) is 0 Å². The zero-order chi connectivity index (χ0) is 14.3. The number of carbonyl (C=O) groups is 1. The average molecular weight is 288 g/mol. The highest BCUT2D eigenvalue weighted by Crippen LogP contribution is 2.06. The van der Waals surface area contributed by atoms with Crippen molar-refractivity contribution in [3.05, 3.63) is 35.6 Å². The summed E-state index contributed by atoms with van der Waals surface area (Å²) in [5, 5.41) is 2.56. The number of carbonyl (C=O) groups excluding carboxylic acids is 1. The van der Waals surface area contributed by atoms with Crippen LogP contribution in [0.4, 0.5) is 4.39 Å². The molecule has 0 atom stereocenters. The van der Waals surface area contributed by atoms with Gasteiger partial charge in [-0.05, 0) is 24.1 Å². The van der Waals surface area contributed by atoms with Crippen molar-refractivity contribution in [2.24, 2.45) is 0 Å². The third-order valence-electron chi connectivity index (χ3n) is 2.29. The van der Waals surface area contributed by atoms with E-state index >= 15 is 0 Å². The molecule has 0 heterocycles. The molecular formula is C12H17FN2O3S. The maximum absolute atomic E-state index is 12.7. The van der Waals surface area contributed by atoms with Gasteiger partial charge in [0.1, 0.15) is 5.82 Å². The molecule has 0 fully saturated rings. The van der Waals surface area contributed by atoms with E-state index in [4.69, 9.17) is 0 Å². The fourth-order valence-electron chi connectivity index (χ4n) is 1.35. The molecule has 0 saturated heterocycles. The lowest BCUT2D eigenvalue weighted by Gasteiger charge is -2.07. The molecule has 1 rings (SSSR count). The van der Waals surface area contributed by atoms with Gasteiger partial charge >= 0.3 is 0 Å². The van der Waals surface area contributed by atoms with Crippen LogP contribution in [0.5, 0.6) is 0 Å². The van der Waals surface area contributed by atoms with Crippen LogP contribution >= 0.6 is 0 Å². The molecule has 0 saturated carbocycles. The number of hydrogen-bond acceptors (Lipinski definition) is 3. The van der Waals surface area contributed by atoms with E-state index in [1.54, 1.807) is 0 Å². The van der Waals surface area contributed by atoms with E-state index in [-0.39, 0.29) is 18.2 Å². The van der Waals surface area contributed by atoms with Crippen LogP contribution in [0.25, 0.3) is 0 Å². The number of hydrogen-bond donors (Lipinski definition) is 2. The fraction of sp³-hybridized carbons (Fsp3) is 0.417. The zero-order valence-electron chi connectivity index (χ0n) is 10.6. The summed E-state index contributed by atoms with van der Waals surface area (Å²) in [4.78, 5) is 11.3. The van der Waals surface area contributed by atoms with Crippen molar-refractivity contribution < 1.29 is 17.6 Å².